The van der Waals surface area contributed by atoms with Crippen molar-refractivity contribution in [3.8, 4) is 11.4 Å². The largest absolute Gasteiger partial charge is 0.307 e. The molecule has 8 heteroatoms. The van der Waals surface area contributed by atoms with Gasteiger partial charge in [-0.25, -0.2) is 14.6 Å². The first-order valence-corrected chi connectivity index (χ1v) is 9.50. The van der Waals surface area contributed by atoms with E-state index in [2.05, 4.69) is 20.4 Å². The maximum absolute atomic E-state index is 12.6. The lowest BCUT2D eigenvalue weighted by Gasteiger charge is -2.10. The highest BCUT2D eigenvalue weighted by atomic mass is 35.5. The first-order valence-electron chi connectivity index (χ1n) is 8.75. The maximum atomic E-state index is 12.6. The molecular weight excluding hydrogens is 409 g/mol. The van der Waals surface area contributed by atoms with Crippen LogP contribution in [-0.4, -0.2) is 25.7 Å². The second-order valence-electron chi connectivity index (χ2n) is 6.23. The van der Waals surface area contributed by atoms with Crippen molar-refractivity contribution in [3.63, 3.8) is 0 Å². The summed E-state index contributed by atoms with van der Waals surface area (Å²) in [5.74, 6) is 0.770. The number of nitrogens with zero attached hydrogens (tertiary/aromatic N) is 4. The molecule has 2 aromatic carbocycles. The first kappa shape index (κ1) is 19.1. The number of carbonyl (C=O) groups excluding carboxylic acids is 1. The third kappa shape index (κ3) is 4.45. The Hall–Kier alpha value is -3.22. The zero-order chi connectivity index (χ0) is 20.2. The second kappa shape index (κ2) is 8.43. The van der Waals surface area contributed by atoms with E-state index in [1.165, 1.54) is 12.4 Å². The molecule has 0 radical (unpaired) electrons. The minimum Gasteiger partial charge on any atom is -0.307 e. The van der Waals surface area contributed by atoms with Crippen LogP contribution in [-0.2, 0) is 6.54 Å². The SMILES string of the molecule is O=C(Nc1ccnn1Cc1ccc(Cl)cc1Cl)c1cnc(-c2ccccc2)nc1. The molecule has 6 nitrogen and oxygen atoms in total. The molecule has 1 amide bonds. The number of amides is 1. The van der Waals surface area contributed by atoms with E-state index >= 15 is 0 Å². The van der Waals surface area contributed by atoms with Gasteiger partial charge in [0.05, 0.1) is 18.3 Å². The monoisotopic (exact) mass is 423 g/mol. The molecule has 4 rings (SSSR count). The Balaban J connectivity index is 1.49. The van der Waals surface area contributed by atoms with Crippen molar-refractivity contribution >= 4 is 34.9 Å². The predicted octanol–water partition coefficient (Wildman–Crippen LogP) is 4.95. The molecule has 0 fully saturated rings. The van der Waals surface area contributed by atoms with E-state index in [0.29, 0.717) is 33.8 Å². The van der Waals surface area contributed by atoms with Gasteiger partial charge in [0, 0.05) is 34.1 Å². The zero-order valence-corrected chi connectivity index (χ0v) is 16.6. The number of halogens is 2. The molecule has 29 heavy (non-hydrogen) atoms. The van der Waals surface area contributed by atoms with Crippen LogP contribution in [0.4, 0.5) is 5.82 Å². The van der Waals surface area contributed by atoms with E-state index in [9.17, 15) is 4.79 Å². The van der Waals surface area contributed by atoms with Crippen molar-refractivity contribution < 1.29 is 4.79 Å². The predicted molar refractivity (Wildman–Crippen MR) is 113 cm³/mol. The zero-order valence-electron chi connectivity index (χ0n) is 15.1. The van der Waals surface area contributed by atoms with Crippen molar-refractivity contribution in [2.45, 2.75) is 6.54 Å². The molecule has 4 aromatic rings. The lowest BCUT2D eigenvalue weighted by atomic mass is 10.2. The van der Waals surface area contributed by atoms with Crippen molar-refractivity contribution in [2.75, 3.05) is 5.32 Å². The summed E-state index contributed by atoms with van der Waals surface area (Å²) in [6, 6.07) is 16.5. The quantitative estimate of drug-likeness (QED) is 0.492. The highest BCUT2D eigenvalue weighted by molar-refractivity contribution is 6.35. The lowest BCUT2D eigenvalue weighted by Crippen LogP contribution is -2.17. The van der Waals surface area contributed by atoms with Crippen LogP contribution in [0.15, 0.2) is 73.2 Å². The van der Waals surface area contributed by atoms with Crippen molar-refractivity contribution in [3.05, 3.63) is 94.4 Å². The van der Waals surface area contributed by atoms with Gasteiger partial charge in [0.1, 0.15) is 5.82 Å². The number of nitrogens with one attached hydrogen (secondary N) is 1. The van der Waals surface area contributed by atoms with Gasteiger partial charge < -0.3 is 5.32 Å². The van der Waals surface area contributed by atoms with E-state index < -0.39 is 0 Å². The molecule has 0 unspecified atom stereocenters. The minimum atomic E-state index is -0.325. The third-order valence-electron chi connectivity index (χ3n) is 4.24. The Bertz CT molecular complexity index is 1140. The summed E-state index contributed by atoms with van der Waals surface area (Å²) in [7, 11) is 0. The number of hydrogen-bond donors (Lipinski definition) is 1. The molecule has 0 aliphatic heterocycles. The highest BCUT2D eigenvalue weighted by Gasteiger charge is 2.12. The van der Waals surface area contributed by atoms with Crippen LogP contribution in [0.5, 0.6) is 0 Å². The van der Waals surface area contributed by atoms with Gasteiger partial charge >= 0.3 is 0 Å². The van der Waals surface area contributed by atoms with Gasteiger partial charge in [0.15, 0.2) is 5.82 Å². The Morgan fingerprint density at radius 2 is 1.76 bits per heavy atom. The number of benzene rings is 2. The summed E-state index contributed by atoms with van der Waals surface area (Å²) in [5, 5.41) is 8.18. The summed E-state index contributed by atoms with van der Waals surface area (Å²) in [6.07, 6.45) is 4.61. The molecule has 144 valence electrons. The molecule has 0 aliphatic carbocycles. The Morgan fingerprint density at radius 1 is 1.00 bits per heavy atom. The fraction of sp³-hybridized carbons (Fsp3) is 0.0476. The summed E-state index contributed by atoms with van der Waals surface area (Å²) < 4.78 is 1.65. The molecule has 2 heterocycles. The smallest absolute Gasteiger partial charge is 0.259 e. The normalized spacial score (nSPS) is 10.7. The van der Waals surface area contributed by atoms with Crippen LogP contribution in [0.25, 0.3) is 11.4 Å². The summed E-state index contributed by atoms with van der Waals surface area (Å²) in [6.45, 7) is 0.391. The Kier molecular flexibility index (Phi) is 5.55. The van der Waals surface area contributed by atoms with Crippen LogP contribution in [0.3, 0.4) is 0 Å². The molecule has 2 aromatic heterocycles. The van der Waals surface area contributed by atoms with Crippen LogP contribution < -0.4 is 5.32 Å². The van der Waals surface area contributed by atoms with Gasteiger partial charge in [0.25, 0.3) is 5.91 Å². The van der Waals surface area contributed by atoms with Gasteiger partial charge in [-0.15, -0.1) is 0 Å². The van der Waals surface area contributed by atoms with E-state index in [1.54, 1.807) is 29.1 Å². The molecule has 0 bridgehead atoms. The van der Waals surface area contributed by atoms with E-state index in [0.717, 1.165) is 11.1 Å². The van der Waals surface area contributed by atoms with Gasteiger partial charge in [-0.1, -0.05) is 59.6 Å². The fourth-order valence-electron chi connectivity index (χ4n) is 2.75. The number of rotatable bonds is 5. The van der Waals surface area contributed by atoms with Crippen molar-refractivity contribution in [1.29, 1.82) is 0 Å². The average Bonchev–Trinajstić information content (AvgIpc) is 3.17. The maximum Gasteiger partial charge on any atom is 0.259 e. The number of aromatic nitrogens is 4. The third-order valence-corrected chi connectivity index (χ3v) is 4.83. The topological polar surface area (TPSA) is 72.7 Å². The number of hydrogen-bond acceptors (Lipinski definition) is 4. The van der Waals surface area contributed by atoms with Gasteiger partial charge in [-0.05, 0) is 17.7 Å². The second-order valence-corrected chi connectivity index (χ2v) is 7.07. The molecule has 0 atom stereocenters. The molecule has 0 saturated carbocycles. The molecule has 0 saturated heterocycles. The van der Waals surface area contributed by atoms with Crippen LogP contribution >= 0.6 is 23.2 Å². The summed E-state index contributed by atoms with van der Waals surface area (Å²) in [5.41, 5.74) is 2.07. The number of carbonyl (C=O) groups is 1. The van der Waals surface area contributed by atoms with Gasteiger partial charge in [0.2, 0.25) is 0 Å². The highest BCUT2D eigenvalue weighted by Crippen LogP contribution is 2.23. The average molecular weight is 424 g/mol. The minimum absolute atomic E-state index is 0.325. The van der Waals surface area contributed by atoms with Gasteiger partial charge in [-0.3, -0.25) is 4.79 Å². The van der Waals surface area contributed by atoms with Crippen molar-refractivity contribution in [2.24, 2.45) is 0 Å². The lowest BCUT2D eigenvalue weighted by molar-refractivity contribution is 0.102. The van der Waals surface area contributed by atoms with Crippen LogP contribution in [0.1, 0.15) is 15.9 Å². The Morgan fingerprint density at radius 3 is 2.48 bits per heavy atom. The van der Waals surface area contributed by atoms with Crippen LogP contribution in [0, 0.1) is 0 Å². The summed E-state index contributed by atoms with van der Waals surface area (Å²) in [4.78, 5) is 21.2. The molecular formula is C21H15Cl2N5O. The standard InChI is InChI=1S/C21H15Cl2N5O/c22-17-7-6-15(18(23)10-17)13-28-19(8-9-26-28)27-21(29)16-11-24-20(25-12-16)14-4-2-1-3-5-14/h1-12H,13H2,(H,27,29). The Labute approximate surface area is 177 Å². The molecule has 0 aliphatic rings. The molecule has 1 N–H and O–H groups in total. The van der Waals surface area contributed by atoms with Crippen LogP contribution in [0.2, 0.25) is 10.0 Å². The first-order chi connectivity index (χ1) is 14.1. The van der Waals surface area contributed by atoms with E-state index in [1.807, 2.05) is 36.4 Å². The fourth-order valence-corrected chi connectivity index (χ4v) is 3.21. The van der Waals surface area contributed by atoms with Crippen molar-refractivity contribution in [1.82, 2.24) is 19.7 Å². The van der Waals surface area contributed by atoms with E-state index in [4.69, 9.17) is 23.2 Å². The van der Waals surface area contributed by atoms with Gasteiger partial charge in [-0.2, -0.15) is 5.10 Å². The van der Waals surface area contributed by atoms with E-state index in [-0.39, 0.29) is 5.91 Å². The summed E-state index contributed by atoms with van der Waals surface area (Å²) >= 11 is 12.2. The number of anilines is 1. The molecule has 0 spiro atoms.